The molecule has 1 fully saturated rings. The Morgan fingerprint density at radius 1 is 1.21 bits per heavy atom. The minimum absolute atomic E-state index is 0.00645. The SMILES string of the molecule is Cc1nnc(C[C@@H]2CC[C@H](NS(=O)(=O)Cc3ccccc3C)C2)o1. The lowest BCUT2D eigenvalue weighted by Gasteiger charge is -2.14. The summed E-state index contributed by atoms with van der Waals surface area (Å²) in [6.07, 6.45) is 3.36. The van der Waals surface area contributed by atoms with Crippen LogP contribution in [0.3, 0.4) is 0 Å². The fourth-order valence-corrected chi connectivity index (χ4v) is 4.85. The van der Waals surface area contributed by atoms with E-state index in [1.807, 2.05) is 31.2 Å². The summed E-state index contributed by atoms with van der Waals surface area (Å²) in [6.45, 7) is 3.70. The summed E-state index contributed by atoms with van der Waals surface area (Å²) in [5.74, 6) is 1.62. The van der Waals surface area contributed by atoms with Crippen LogP contribution in [-0.2, 0) is 22.2 Å². The van der Waals surface area contributed by atoms with E-state index in [-0.39, 0.29) is 11.8 Å². The van der Waals surface area contributed by atoms with E-state index in [9.17, 15) is 8.42 Å². The highest BCUT2D eigenvalue weighted by Gasteiger charge is 2.29. The molecule has 0 amide bonds. The van der Waals surface area contributed by atoms with Crippen LogP contribution in [0.25, 0.3) is 0 Å². The normalized spacial score (nSPS) is 21.2. The zero-order chi connectivity index (χ0) is 17.2. The van der Waals surface area contributed by atoms with Gasteiger partial charge in [0.15, 0.2) is 0 Å². The number of nitrogens with one attached hydrogen (secondary N) is 1. The van der Waals surface area contributed by atoms with Crippen LogP contribution in [-0.4, -0.2) is 24.7 Å². The lowest BCUT2D eigenvalue weighted by Crippen LogP contribution is -2.34. The van der Waals surface area contributed by atoms with Crippen molar-refractivity contribution in [1.29, 1.82) is 0 Å². The Balaban J connectivity index is 1.55. The molecule has 0 bridgehead atoms. The lowest BCUT2D eigenvalue weighted by molar-refractivity contribution is 0.413. The van der Waals surface area contributed by atoms with Crippen molar-refractivity contribution in [1.82, 2.24) is 14.9 Å². The van der Waals surface area contributed by atoms with Crippen LogP contribution >= 0.6 is 0 Å². The van der Waals surface area contributed by atoms with Crippen molar-refractivity contribution >= 4 is 10.0 Å². The molecule has 0 radical (unpaired) electrons. The first-order valence-corrected chi connectivity index (χ1v) is 9.90. The van der Waals surface area contributed by atoms with Gasteiger partial charge in [-0.3, -0.25) is 0 Å². The molecule has 1 aliphatic rings. The number of nitrogens with zero attached hydrogens (tertiary/aromatic N) is 2. The highest BCUT2D eigenvalue weighted by molar-refractivity contribution is 7.88. The Morgan fingerprint density at radius 2 is 2.00 bits per heavy atom. The van der Waals surface area contributed by atoms with Gasteiger partial charge in [-0.1, -0.05) is 24.3 Å². The smallest absolute Gasteiger partial charge is 0.216 e. The Kier molecular flexibility index (Phi) is 5.01. The maximum atomic E-state index is 12.4. The summed E-state index contributed by atoms with van der Waals surface area (Å²) in [5, 5.41) is 7.85. The standard InChI is InChI=1S/C17H23N3O3S/c1-12-5-3-4-6-15(12)11-24(21,22)20-16-8-7-14(9-16)10-17-19-18-13(2)23-17/h3-6,14,16,20H,7-11H2,1-2H3/t14-,16+/m1/s1. The van der Waals surface area contributed by atoms with E-state index in [1.54, 1.807) is 6.92 Å². The zero-order valence-electron chi connectivity index (χ0n) is 14.0. The molecule has 2 aromatic rings. The Morgan fingerprint density at radius 3 is 2.71 bits per heavy atom. The van der Waals surface area contributed by atoms with Gasteiger partial charge in [0, 0.05) is 19.4 Å². The molecule has 1 saturated carbocycles. The molecule has 1 N–H and O–H groups in total. The summed E-state index contributed by atoms with van der Waals surface area (Å²) in [5.41, 5.74) is 1.85. The van der Waals surface area contributed by atoms with Gasteiger partial charge in [-0.15, -0.1) is 10.2 Å². The molecule has 1 heterocycles. The molecule has 0 aliphatic heterocycles. The topological polar surface area (TPSA) is 85.1 Å². The first kappa shape index (κ1) is 17.1. The van der Waals surface area contributed by atoms with Crippen LogP contribution < -0.4 is 4.72 Å². The van der Waals surface area contributed by atoms with Gasteiger partial charge < -0.3 is 4.42 Å². The fourth-order valence-electron chi connectivity index (χ4n) is 3.31. The lowest BCUT2D eigenvalue weighted by atomic mass is 10.0. The van der Waals surface area contributed by atoms with Crippen molar-refractivity contribution in [3.8, 4) is 0 Å². The van der Waals surface area contributed by atoms with E-state index in [1.165, 1.54) is 0 Å². The third-order valence-corrected chi connectivity index (χ3v) is 5.91. The third-order valence-electron chi connectivity index (χ3n) is 4.53. The molecule has 6 nitrogen and oxygen atoms in total. The van der Waals surface area contributed by atoms with Gasteiger partial charge in [0.05, 0.1) is 5.75 Å². The van der Waals surface area contributed by atoms with Crippen molar-refractivity contribution in [2.45, 2.75) is 51.3 Å². The molecule has 1 aliphatic carbocycles. The largest absolute Gasteiger partial charge is 0.426 e. The first-order chi connectivity index (χ1) is 11.4. The minimum atomic E-state index is -3.33. The second kappa shape index (κ2) is 7.03. The summed E-state index contributed by atoms with van der Waals surface area (Å²) in [7, 11) is -3.33. The maximum Gasteiger partial charge on any atom is 0.216 e. The summed E-state index contributed by atoms with van der Waals surface area (Å²) in [4.78, 5) is 0. The number of rotatable bonds is 6. The molecular formula is C17H23N3O3S. The van der Waals surface area contributed by atoms with E-state index in [0.717, 1.165) is 36.8 Å². The summed E-state index contributed by atoms with van der Waals surface area (Å²) >= 11 is 0. The van der Waals surface area contributed by atoms with E-state index >= 15 is 0 Å². The number of hydrogen-bond donors (Lipinski definition) is 1. The second-order valence-corrected chi connectivity index (χ2v) is 8.35. The van der Waals surface area contributed by atoms with Crippen LogP contribution in [0.15, 0.2) is 28.7 Å². The molecule has 130 valence electrons. The van der Waals surface area contributed by atoms with Gasteiger partial charge in [-0.25, -0.2) is 13.1 Å². The minimum Gasteiger partial charge on any atom is -0.426 e. The van der Waals surface area contributed by atoms with Gasteiger partial charge in [-0.2, -0.15) is 0 Å². The van der Waals surface area contributed by atoms with Gasteiger partial charge in [0.1, 0.15) is 0 Å². The van der Waals surface area contributed by atoms with Crippen molar-refractivity contribution in [2.24, 2.45) is 5.92 Å². The molecule has 0 spiro atoms. The fraction of sp³-hybridized carbons (Fsp3) is 0.529. The van der Waals surface area contributed by atoms with Crippen molar-refractivity contribution in [3.05, 3.63) is 47.2 Å². The van der Waals surface area contributed by atoms with Crippen molar-refractivity contribution in [3.63, 3.8) is 0 Å². The van der Waals surface area contributed by atoms with E-state index in [4.69, 9.17) is 4.42 Å². The molecule has 0 unspecified atom stereocenters. The molecular weight excluding hydrogens is 326 g/mol. The number of sulfonamides is 1. The molecule has 2 atom stereocenters. The highest BCUT2D eigenvalue weighted by atomic mass is 32.2. The molecule has 0 saturated heterocycles. The quantitative estimate of drug-likeness (QED) is 0.866. The Hall–Kier alpha value is -1.73. The zero-order valence-corrected chi connectivity index (χ0v) is 14.8. The average molecular weight is 349 g/mol. The average Bonchev–Trinajstić information content (AvgIpc) is 3.10. The molecule has 7 heteroatoms. The maximum absolute atomic E-state index is 12.4. The predicted molar refractivity (Wildman–Crippen MR) is 90.8 cm³/mol. The van der Waals surface area contributed by atoms with E-state index < -0.39 is 10.0 Å². The molecule has 1 aromatic heterocycles. The van der Waals surface area contributed by atoms with Crippen LogP contribution in [0, 0.1) is 19.8 Å². The van der Waals surface area contributed by atoms with Gasteiger partial charge in [0.25, 0.3) is 0 Å². The molecule has 24 heavy (non-hydrogen) atoms. The number of hydrogen-bond acceptors (Lipinski definition) is 5. The Labute approximate surface area is 142 Å². The van der Waals surface area contributed by atoms with Gasteiger partial charge in [-0.05, 0) is 43.2 Å². The predicted octanol–water partition coefficient (Wildman–Crippen LogP) is 2.52. The van der Waals surface area contributed by atoms with E-state index in [0.29, 0.717) is 17.7 Å². The van der Waals surface area contributed by atoms with Crippen molar-refractivity contribution in [2.75, 3.05) is 0 Å². The van der Waals surface area contributed by atoms with Crippen LogP contribution in [0.5, 0.6) is 0 Å². The van der Waals surface area contributed by atoms with Crippen LogP contribution in [0.2, 0.25) is 0 Å². The third kappa shape index (κ3) is 4.42. The first-order valence-electron chi connectivity index (χ1n) is 8.25. The number of aryl methyl sites for hydroxylation is 2. The van der Waals surface area contributed by atoms with Crippen LogP contribution in [0.1, 0.15) is 42.2 Å². The molecule has 3 rings (SSSR count). The second-order valence-electron chi connectivity index (χ2n) is 6.60. The molecule has 1 aromatic carbocycles. The van der Waals surface area contributed by atoms with E-state index in [2.05, 4.69) is 14.9 Å². The van der Waals surface area contributed by atoms with Crippen LogP contribution in [0.4, 0.5) is 0 Å². The van der Waals surface area contributed by atoms with Gasteiger partial charge in [0.2, 0.25) is 21.8 Å². The summed E-state index contributed by atoms with van der Waals surface area (Å²) < 4.78 is 33.1. The summed E-state index contributed by atoms with van der Waals surface area (Å²) in [6, 6.07) is 7.58. The number of benzene rings is 1. The number of aromatic nitrogens is 2. The van der Waals surface area contributed by atoms with Crippen molar-refractivity contribution < 1.29 is 12.8 Å². The monoisotopic (exact) mass is 349 g/mol. The van der Waals surface area contributed by atoms with Gasteiger partial charge >= 0.3 is 0 Å². The Bertz CT molecular complexity index is 801. The highest BCUT2D eigenvalue weighted by Crippen LogP contribution is 2.29.